The summed E-state index contributed by atoms with van der Waals surface area (Å²) in [5.74, 6) is -0.325. The van der Waals surface area contributed by atoms with Gasteiger partial charge in [0.25, 0.3) is 0 Å². The molecule has 0 saturated carbocycles. The van der Waals surface area contributed by atoms with E-state index >= 15 is 0 Å². The second-order valence-corrected chi connectivity index (χ2v) is 15.7. The number of amides is 1. The highest BCUT2D eigenvalue weighted by Crippen LogP contribution is 2.17. The molecule has 0 aliphatic carbocycles. The maximum Gasteiger partial charge on any atom is 0.222 e. The molecule has 0 aliphatic rings. The molecule has 0 aliphatic heterocycles. The molecule has 5 heteroatoms. The van der Waals surface area contributed by atoms with Gasteiger partial charge in [-0.05, 0) is 32.1 Å². The largest absolute Gasteiger partial charge is 0.394 e. The van der Waals surface area contributed by atoms with Gasteiger partial charge in [-0.2, -0.15) is 0 Å². The monoisotopic (exact) mass is 720 g/mol. The summed E-state index contributed by atoms with van der Waals surface area (Å²) < 4.78 is 0. The lowest BCUT2D eigenvalue weighted by atomic mass is 10.0. The van der Waals surface area contributed by atoms with E-state index in [4.69, 9.17) is 0 Å². The van der Waals surface area contributed by atoms with E-state index in [1.807, 2.05) is 6.08 Å². The Bertz CT molecular complexity index is 754. The van der Waals surface area contributed by atoms with Gasteiger partial charge in [0.15, 0.2) is 0 Å². The summed E-state index contributed by atoms with van der Waals surface area (Å²) in [6.07, 6.45) is 50.7. The van der Waals surface area contributed by atoms with E-state index in [-0.39, 0.29) is 18.9 Å². The summed E-state index contributed by atoms with van der Waals surface area (Å²) in [6.45, 7) is 4.16. The van der Waals surface area contributed by atoms with Crippen molar-refractivity contribution >= 4 is 5.91 Å². The second kappa shape index (κ2) is 41.6. The van der Waals surface area contributed by atoms with Gasteiger partial charge in [0.05, 0.1) is 31.3 Å². The highest BCUT2D eigenvalue weighted by Gasteiger charge is 2.20. The molecule has 0 radical (unpaired) electrons. The van der Waals surface area contributed by atoms with Gasteiger partial charge in [0, 0.05) is 0 Å². The van der Waals surface area contributed by atoms with E-state index in [1.54, 1.807) is 6.08 Å². The second-order valence-electron chi connectivity index (χ2n) is 15.7. The Morgan fingerprint density at radius 2 is 0.843 bits per heavy atom. The minimum Gasteiger partial charge on any atom is -0.394 e. The quantitative estimate of drug-likeness (QED) is 0.0374. The van der Waals surface area contributed by atoms with Gasteiger partial charge in [0.1, 0.15) is 0 Å². The Kier molecular flexibility index (Phi) is 40.6. The number of aliphatic hydroxyl groups excluding tert-OH is 3. The number of aliphatic hydroxyl groups is 3. The number of carbonyl (C=O) groups is 1. The Morgan fingerprint density at radius 3 is 1.25 bits per heavy atom. The minimum atomic E-state index is -0.946. The van der Waals surface area contributed by atoms with Crippen LogP contribution >= 0.6 is 0 Å². The minimum absolute atomic E-state index is 0.00916. The van der Waals surface area contributed by atoms with E-state index in [2.05, 4.69) is 31.3 Å². The topological polar surface area (TPSA) is 89.8 Å². The molecular formula is C46H89NO4. The molecule has 51 heavy (non-hydrogen) atoms. The predicted molar refractivity (Wildman–Crippen MR) is 222 cm³/mol. The summed E-state index contributed by atoms with van der Waals surface area (Å²) in [7, 11) is 0. The third-order valence-corrected chi connectivity index (χ3v) is 10.5. The number of hydrogen-bond acceptors (Lipinski definition) is 4. The first-order valence-corrected chi connectivity index (χ1v) is 22.6. The summed E-state index contributed by atoms with van der Waals surface area (Å²) in [6, 6.07) is -0.755. The smallest absolute Gasteiger partial charge is 0.222 e. The number of rotatable bonds is 41. The van der Waals surface area contributed by atoms with Crippen LogP contribution in [0.15, 0.2) is 24.3 Å². The van der Waals surface area contributed by atoms with Crippen LogP contribution in [0.3, 0.4) is 0 Å². The molecular weight excluding hydrogens is 631 g/mol. The highest BCUT2D eigenvalue weighted by molar-refractivity contribution is 5.76. The van der Waals surface area contributed by atoms with Crippen LogP contribution in [0.1, 0.15) is 239 Å². The molecule has 0 bridgehead atoms. The van der Waals surface area contributed by atoms with Gasteiger partial charge in [-0.25, -0.2) is 0 Å². The zero-order chi connectivity index (χ0) is 37.3. The summed E-state index contributed by atoms with van der Waals surface area (Å²) in [5.41, 5.74) is 0. The van der Waals surface area contributed by atoms with Gasteiger partial charge in [-0.1, -0.05) is 224 Å². The summed E-state index contributed by atoms with van der Waals surface area (Å²) in [5, 5.41) is 33.0. The van der Waals surface area contributed by atoms with Crippen LogP contribution in [0.4, 0.5) is 0 Å². The lowest BCUT2D eigenvalue weighted by molar-refractivity contribution is -0.124. The van der Waals surface area contributed by atoms with E-state index in [9.17, 15) is 20.1 Å². The number of unbranched alkanes of at least 4 members (excludes halogenated alkanes) is 30. The Hall–Kier alpha value is -1.17. The van der Waals surface area contributed by atoms with Crippen molar-refractivity contribution in [2.75, 3.05) is 6.61 Å². The molecule has 0 heterocycles. The predicted octanol–water partition coefficient (Wildman–Crippen LogP) is 13.0. The third-order valence-electron chi connectivity index (χ3n) is 10.5. The first-order valence-electron chi connectivity index (χ1n) is 22.6. The average molecular weight is 720 g/mol. The Balaban J connectivity index is 3.50. The molecule has 0 aromatic heterocycles. The normalized spacial score (nSPS) is 13.7. The molecule has 1 amide bonds. The number of carbonyl (C=O) groups excluding carboxylic acids is 1. The highest BCUT2D eigenvalue weighted by atomic mass is 16.3. The van der Waals surface area contributed by atoms with Crippen molar-refractivity contribution in [3.63, 3.8) is 0 Å². The van der Waals surface area contributed by atoms with Crippen molar-refractivity contribution in [1.29, 1.82) is 0 Å². The first kappa shape index (κ1) is 49.8. The van der Waals surface area contributed by atoms with Gasteiger partial charge in [-0.15, -0.1) is 0 Å². The van der Waals surface area contributed by atoms with Crippen molar-refractivity contribution in [1.82, 2.24) is 5.32 Å². The fourth-order valence-corrected chi connectivity index (χ4v) is 7.00. The van der Waals surface area contributed by atoms with Crippen molar-refractivity contribution in [2.24, 2.45) is 0 Å². The summed E-state index contributed by atoms with van der Waals surface area (Å²) in [4.78, 5) is 12.4. The van der Waals surface area contributed by atoms with Crippen LogP contribution in [-0.2, 0) is 4.79 Å². The Morgan fingerprint density at radius 1 is 0.490 bits per heavy atom. The van der Waals surface area contributed by atoms with Crippen LogP contribution in [0.2, 0.25) is 0 Å². The van der Waals surface area contributed by atoms with Crippen LogP contribution < -0.4 is 5.32 Å². The van der Waals surface area contributed by atoms with Crippen molar-refractivity contribution < 1.29 is 20.1 Å². The molecule has 4 N–H and O–H groups in total. The van der Waals surface area contributed by atoms with E-state index in [0.717, 1.165) is 32.1 Å². The van der Waals surface area contributed by atoms with E-state index in [0.29, 0.717) is 6.42 Å². The lowest BCUT2D eigenvalue weighted by Crippen LogP contribution is -2.45. The molecule has 0 fully saturated rings. The number of nitrogens with one attached hydrogen (secondary N) is 1. The molecule has 0 rings (SSSR count). The number of hydrogen-bond donors (Lipinski definition) is 4. The van der Waals surface area contributed by atoms with E-state index < -0.39 is 18.2 Å². The van der Waals surface area contributed by atoms with Crippen molar-refractivity contribution in [3.8, 4) is 0 Å². The van der Waals surface area contributed by atoms with Crippen molar-refractivity contribution in [2.45, 2.75) is 257 Å². The van der Waals surface area contributed by atoms with Crippen molar-refractivity contribution in [3.05, 3.63) is 24.3 Å². The molecule has 0 saturated heterocycles. The Labute approximate surface area is 318 Å². The van der Waals surface area contributed by atoms with Gasteiger partial charge in [-0.3, -0.25) is 4.79 Å². The fourth-order valence-electron chi connectivity index (χ4n) is 7.00. The zero-order valence-corrected chi connectivity index (χ0v) is 34.2. The van der Waals surface area contributed by atoms with Crippen LogP contribution in [0, 0.1) is 0 Å². The molecule has 3 unspecified atom stereocenters. The fraction of sp³-hybridized carbons (Fsp3) is 0.891. The van der Waals surface area contributed by atoms with Gasteiger partial charge >= 0.3 is 0 Å². The molecule has 5 nitrogen and oxygen atoms in total. The van der Waals surface area contributed by atoms with Crippen LogP contribution in [-0.4, -0.2) is 46.1 Å². The molecule has 3 atom stereocenters. The van der Waals surface area contributed by atoms with E-state index in [1.165, 1.54) is 180 Å². The standard InChI is InChI=1S/C46H89NO4/c1-3-5-7-9-11-13-14-15-16-17-18-19-20-21-22-23-24-25-26-27-28-29-30-32-33-35-37-39-43(49)41-46(51)47-44(42-48)45(50)40-38-36-34-31-12-10-8-6-4-2/h12,31,38,40,43-45,48-50H,3-11,13-30,32-37,39,41-42H2,1-2H3,(H,47,51)/b31-12+,40-38+. The SMILES string of the molecule is CCCCC/C=C/CC/C=C/C(O)C(CO)NC(=O)CC(O)CCCCCCCCCCCCCCCCCCCCCCCCCCCCC. The maximum atomic E-state index is 12.4. The number of allylic oxidation sites excluding steroid dienone is 3. The molecule has 0 aromatic rings. The third kappa shape index (κ3) is 38.4. The molecule has 0 spiro atoms. The average Bonchev–Trinajstić information content (AvgIpc) is 3.12. The van der Waals surface area contributed by atoms with Crippen LogP contribution in [0.25, 0.3) is 0 Å². The van der Waals surface area contributed by atoms with Gasteiger partial charge in [0.2, 0.25) is 5.91 Å². The lowest BCUT2D eigenvalue weighted by Gasteiger charge is -2.21. The molecule has 0 aromatic carbocycles. The maximum absolute atomic E-state index is 12.4. The zero-order valence-electron chi connectivity index (χ0n) is 34.2. The van der Waals surface area contributed by atoms with Crippen LogP contribution in [0.5, 0.6) is 0 Å². The molecule has 302 valence electrons. The summed E-state index contributed by atoms with van der Waals surface area (Å²) >= 11 is 0. The first-order chi connectivity index (χ1) is 25.0. The van der Waals surface area contributed by atoms with Gasteiger partial charge < -0.3 is 20.6 Å².